The molecule has 0 radical (unpaired) electrons. The zero-order chi connectivity index (χ0) is 15.3. The summed E-state index contributed by atoms with van der Waals surface area (Å²) >= 11 is 0. The summed E-state index contributed by atoms with van der Waals surface area (Å²) < 4.78 is 0. The summed E-state index contributed by atoms with van der Waals surface area (Å²) in [5.74, 6) is 0. The molecule has 116 valence electrons. The lowest BCUT2D eigenvalue weighted by Crippen LogP contribution is -2.28. The lowest BCUT2D eigenvalue weighted by Gasteiger charge is -2.28. The number of aliphatic hydroxyl groups is 2. The average Bonchev–Trinajstić information content (AvgIpc) is 2.47. The molecule has 1 aromatic rings. The molecule has 4 N–H and O–H groups in total. The van der Waals surface area contributed by atoms with E-state index in [0.717, 1.165) is 42.4 Å². The minimum atomic E-state index is -0.654. The maximum Gasteiger partial charge on any atom is 0.0830 e. The van der Waals surface area contributed by atoms with Crippen molar-refractivity contribution in [1.29, 1.82) is 0 Å². The number of aryl methyl sites for hydroxylation is 1. The molecule has 21 heavy (non-hydrogen) atoms. The van der Waals surface area contributed by atoms with Crippen LogP contribution in [0.2, 0.25) is 0 Å². The molecule has 0 aromatic heterocycles. The van der Waals surface area contributed by atoms with Crippen molar-refractivity contribution in [2.45, 2.75) is 57.2 Å². The van der Waals surface area contributed by atoms with Gasteiger partial charge in [-0.05, 0) is 55.5 Å². The topological polar surface area (TPSA) is 66.5 Å². The number of rotatable bonds is 5. The lowest BCUT2D eigenvalue weighted by molar-refractivity contribution is 0.0521. The summed E-state index contributed by atoms with van der Waals surface area (Å²) in [6, 6.07) is 6.04. The summed E-state index contributed by atoms with van der Waals surface area (Å²) in [5.41, 5.74) is 7.89. The van der Waals surface area contributed by atoms with Crippen molar-refractivity contribution in [2.24, 2.45) is 5.73 Å². The first-order chi connectivity index (χ1) is 10.0. The molecule has 0 bridgehead atoms. The molecule has 1 atom stereocenters. The number of hydrogen-bond acceptors (Lipinski definition) is 3. The molecule has 1 aliphatic rings. The molecule has 1 aromatic carbocycles. The van der Waals surface area contributed by atoms with Crippen LogP contribution in [0.25, 0.3) is 6.08 Å². The second-order valence-electron chi connectivity index (χ2n) is 6.21. The zero-order valence-electron chi connectivity index (χ0n) is 12.9. The van der Waals surface area contributed by atoms with E-state index in [4.69, 9.17) is 5.73 Å². The van der Waals surface area contributed by atoms with Crippen LogP contribution >= 0.6 is 0 Å². The second kappa shape index (κ2) is 7.21. The highest BCUT2D eigenvalue weighted by Gasteiger charge is 2.25. The highest BCUT2D eigenvalue weighted by molar-refractivity contribution is 5.53. The molecule has 3 heteroatoms. The van der Waals surface area contributed by atoms with Crippen molar-refractivity contribution in [1.82, 2.24) is 0 Å². The largest absolute Gasteiger partial charge is 0.388 e. The first kappa shape index (κ1) is 16.2. The second-order valence-corrected chi connectivity index (χ2v) is 6.21. The third-order valence-electron chi connectivity index (χ3n) is 4.41. The zero-order valence-corrected chi connectivity index (χ0v) is 12.9. The van der Waals surface area contributed by atoms with Crippen LogP contribution in [0.4, 0.5) is 0 Å². The van der Waals surface area contributed by atoms with Crippen molar-refractivity contribution in [3.05, 3.63) is 41.0 Å². The fourth-order valence-corrected chi connectivity index (χ4v) is 3.02. The Hall–Kier alpha value is -1.16. The molecule has 0 aliphatic heterocycles. The van der Waals surface area contributed by atoms with Gasteiger partial charge in [-0.25, -0.2) is 0 Å². The third-order valence-corrected chi connectivity index (χ3v) is 4.41. The van der Waals surface area contributed by atoms with E-state index in [-0.39, 0.29) is 0 Å². The number of hydrogen-bond donors (Lipinski definition) is 3. The van der Waals surface area contributed by atoms with Crippen molar-refractivity contribution in [3.63, 3.8) is 0 Å². The minimum Gasteiger partial charge on any atom is -0.388 e. The van der Waals surface area contributed by atoms with E-state index in [9.17, 15) is 10.2 Å². The van der Waals surface area contributed by atoms with Gasteiger partial charge in [0.05, 0.1) is 11.7 Å². The van der Waals surface area contributed by atoms with Crippen LogP contribution < -0.4 is 5.73 Å². The number of nitrogens with two attached hydrogens (primary N) is 1. The van der Waals surface area contributed by atoms with E-state index < -0.39 is 11.7 Å². The molecule has 0 heterocycles. The average molecular weight is 289 g/mol. The molecule has 1 unspecified atom stereocenters. The highest BCUT2D eigenvalue weighted by atomic mass is 16.3. The van der Waals surface area contributed by atoms with Gasteiger partial charge >= 0.3 is 0 Å². The molecule has 1 aliphatic carbocycles. The Labute approximate surface area is 127 Å². The maximum atomic E-state index is 10.5. The predicted molar refractivity (Wildman–Crippen MR) is 86.9 cm³/mol. The van der Waals surface area contributed by atoms with Gasteiger partial charge in [-0.15, -0.1) is 0 Å². The van der Waals surface area contributed by atoms with Crippen molar-refractivity contribution in [3.8, 4) is 0 Å². The van der Waals surface area contributed by atoms with Crippen LogP contribution in [0.3, 0.4) is 0 Å². The first-order valence-electron chi connectivity index (χ1n) is 7.94. The fourth-order valence-electron chi connectivity index (χ4n) is 3.02. The summed E-state index contributed by atoms with van der Waals surface area (Å²) in [6.07, 6.45) is 9.05. The van der Waals surface area contributed by atoms with Crippen molar-refractivity contribution < 1.29 is 10.2 Å². The molecular formula is C18H27NO2. The Morgan fingerprint density at radius 2 is 2.00 bits per heavy atom. The lowest BCUT2D eigenvalue weighted by atomic mass is 9.84. The van der Waals surface area contributed by atoms with E-state index in [1.807, 2.05) is 37.3 Å². The van der Waals surface area contributed by atoms with Gasteiger partial charge in [-0.1, -0.05) is 43.5 Å². The van der Waals surface area contributed by atoms with Gasteiger partial charge in [0.1, 0.15) is 0 Å². The molecule has 0 amide bonds. The molecule has 3 nitrogen and oxygen atoms in total. The standard InChI is InChI=1S/C18H27NO2/c1-14-5-6-15(13-16(14)17(20)8-12-19)7-11-18(21)9-3-2-4-10-18/h5-7,11,13,17,20-21H,2-4,8-10,12,19H2,1H3/b11-7+. The van der Waals surface area contributed by atoms with Crippen LogP contribution in [-0.4, -0.2) is 22.4 Å². The van der Waals surface area contributed by atoms with Crippen LogP contribution in [0.5, 0.6) is 0 Å². The Kier molecular flexibility index (Phi) is 5.57. The molecule has 2 rings (SSSR count). The van der Waals surface area contributed by atoms with E-state index >= 15 is 0 Å². The Morgan fingerprint density at radius 1 is 1.29 bits per heavy atom. The number of benzene rings is 1. The maximum absolute atomic E-state index is 10.5. The van der Waals surface area contributed by atoms with Crippen molar-refractivity contribution in [2.75, 3.05) is 6.54 Å². The number of aliphatic hydroxyl groups excluding tert-OH is 1. The van der Waals surface area contributed by atoms with Crippen molar-refractivity contribution >= 4 is 6.08 Å². The quantitative estimate of drug-likeness (QED) is 0.780. The van der Waals surface area contributed by atoms with Crippen LogP contribution in [0, 0.1) is 6.92 Å². The Bertz CT molecular complexity index is 490. The molecule has 1 fully saturated rings. The molecule has 0 spiro atoms. The van der Waals surface area contributed by atoms with Gasteiger partial charge in [0.15, 0.2) is 0 Å². The first-order valence-corrected chi connectivity index (χ1v) is 7.94. The van der Waals surface area contributed by atoms with E-state index in [1.165, 1.54) is 6.42 Å². The minimum absolute atomic E-state index is 0.473. The Morgan fingerprint density at radius 3 is 2.67 bits per heavy atom. The normalized spacial score (nSPS) is 19.8. The molecule has 1 saturated carbocycles. The molecular weight excluding hydrogens is 262 g/mol. The van der Waals surface area contributed by atoms with Gasteiger partial charge in [-0.3, -0.25) is 0 Å². The van der Waals surface area contributed by atoms with Crippen LogP contribution in [-0.2, 0) is 0 Å². The monoisotopic (exact) mass is 289 g/mol. The van der Waals surface area contributed by atoms with E-state index in [0.29, 0.717) is 13.0 Å². The smallest absolute Gasteiger partial charge is 0.0830 e. The summed E-state index contributed by atoms with van der Waals surface area (Å²) in [6.45, 7) is 2.47. The summed E-state index contributed by atoms with van der Waals surface area (Å²) in [7, 11) is 0. The highest BCUT2D eigenvalue weighted by Crippen LogP contribution is 2.30. The SMILES string of the molecule is Cc1ccc(/C=C/C2(O)CCCCC2)cc1C(O)CCN. The van der Waals surface area contributed by atoms with Gasteiger partial charge in [0, 0.05) is 0 Å². The third kappa shape index (κ3) is 4.40. The van der Waals surface area contributed by atoms with E-state index in [2.05, 4.69) is 0 Å². The van der Waals surface area contributed by atoms with Gasteiger partial charge in [-0.2, -0.15) is 0 Å². The Balaban J connectivity index is 2.15. The van der Waals surface area contributed by atoms with E-state index in [1.54, 1.807) is 0 Å². The van der Waals surface area contributed by atoms with Gasteiger partial charge in [0.25, 0.3) is 0 Å². The van der Waals surface area contributed by atoms with Gasteiger partial charge in [0.2, 0.25) is 0 Å². The van der Waals surface area contributed by atoms with Gasteiger partial charge < -0.3 is 15.9 Å². The molecule has 0 saturated heterocycles. The summed E-state index contributed by atoms with van der Waals surface area (Å²) in [5, 5.41) is 20.6. The summed E-state index contributed by atoms with van der Waals surface area (Å²) in [4.78, 5) is 0. The predicted octanol–water partition coefficient (Wildman–Crippen LogP) is 3.09. The fraction of sp³-hybridized carbons (Fsp3) is 0.556. The van der Waals surface area contributed by atoms with Crippen LogP contribution in [0.15, 0.2) is 24.3 Å². The van der Waals surface area contributed by atoms with Crippen LogP contribution in [0.1, 0.15) is 61.3 Å².